The molecule has 16 heteroatoms. The number of hydrogen-bond acceptors (Lipinski definition) is 14. The lowest BCUT2D eigenvalue weighted by atomic mass is 9.75. The summed E-state index contributed by atoms with van der Waals surface area (Å²) in [6.07, 6.45) is 34.2. The quantitative estimate of drug-likeness (QED) is 0.0194. The minimum absolute atomic E-state index is 0.0166. The van der Waals surface area contributed by atoms with E-state index >= 15 is 4.79 Å². The predicted octanol–water partition coefficient (Wildman–Crippen LogP) is 19.3. The topological polar surface area (TPSA) is 152 Å². The Labute approximate surface area is 617 Å². The van der Waals surface area contributed by atoms with Gasteiger partial charge >= 0.3 is 5.97 Å². The minimum atomic E-state index is -2.26. The molecule has 0 unspecified atom stereocenters. The van der Waals surface area contributed by atoms with Crippen LogP contribution in [0.1, 0.15) is 252 Å². The highest BCUT2D eigenvalue weighted by molar-refractivity contribution is 7.80. The highest BCUT2D eigenvalue weighted by Gasteiger charge is 2.61. The van der Waals surface area contributed by atoms with E-state index in [1.807, 2.05) is 123 Å². The molecule has 0 spiro atoms. The van der Waals surface area contributed by atoms with Gasteiger partial charge in [0.15, 0.2) is 28.4 Å². The number of hydrogen-bond donors (Lipinski definition) is 1. The van der Waals surface area contributed by atoms with Crippen molar-refractivity contribution in [1.82, 2.24) is 9.80 Å². The average molecular weight is 1430 g/mol. The Hall–Kier alpha value is -5.69. The molecule has 4 fully saturated rings. The Bertz CT molecular complexity index is 3080. The van der Waals surface area contributed by atoms with Gasteiger partial charge in [-0.3, -0.25) is 19.4 Å². The molecule has 4 aromatic carbocycles. The summed E-state index contributed by atoms with van der Waals surface area (Å²) in [5.74, 6) is -3.62. The molecule has 4 aromatic rings. The van der Waals surface area contributed by atoms with Crippen molar-refractivity contribution in [3.8, 4) is 0 Å². The number of amides is 2. The standard InChI is InChI=1S/C47H69NO8S.C38H53NO4S/c1-8-9-10-14-23-30-45(53-34-35-54-45)31-24-15-12-11-13-22-29-39(46(51,32-33-52-7)42(50)55-44(4,5)6)41(49)48-40(36(2)3)47(56-43(48)57,37-25-18-16-19-26-37)38-27-20-17-21-28-38;1-4-5-6-11-20-27-37(41-29-30-42-37)28-21-12-9-7-8-10-19-26-34(40)39-35(31(2)3)38(43-36(39)44,32-22-15-13-16-23-32)33-24-17-14-18-25-33/h16-22,25-29,36,39-40,51H,8-15,23-24,30-35H2,1-7H3;10,13-19,22-25,31,35H,4-9,11-12,20-21,26-30H2,1-3H3/b29-22+;19-10+/t39-,40+,46+;35-/m10/s1. The second kappa shape index (κ2) is 41.1. The van der Waals surface area contributed by atoms with Crippen LogP contribution < -0.4 is 0 Å². The molecule has 0 aromatic heterocycles. The maximum Gasteiger partial charge on any atom is 0.339 e. The van der Waals surface area contributed by atoms with Crippen LogP contribution in [0.4, 0.5) is 0 Å². The molecule has 2 amide bonds. The molecule has 0 aliphatic carbocycles. The van der Waals surface area contributed by atoms with Gasteiger partial charge in [0, 0.05) is 74.5 Å². The van der Waals surface area contributed by atoms with Gasteiger partial charge in [-0.15, -0.1) is 0 Å². The van der Waals surface area contributed by atoms with E-state index in [1.54, 1.807) is 31.7 Å². The Morgan fingerprint density at radius 3 is 1.25 bits per heavy atom. The number of esters is 1. The number of carbonyl (C=O) groups excluding carboxylic acids is 3. The fourth-order valence-electron chi connectivity index (χ4n) is 15.2. The van der Waals surface area contributed by atoms with E-state index in [0.29, 0.717) is 26.1 Å². The van der Waals surface area contributed by atoms with Crippen molar-refractivity contribution in [2.45, 2.75) is 275 Å². The average Bonchev–Trinajstić information content (AvgIpc) is 1.59. The van der Waals surface area contributed by atoms with Crippen molar-refractivity contribution in [1.29, 1.82) is 0 Å². The van der Waals surface area contributed by atoms with Gasteiger partial charge in [-0.1, -0.05) is 264 Å². The van der Waals surface area contributed by atoms with Crippen molar-refractivity contribution in [3.05, 3.63) is 168 Å². The molecule has 0 saturated carbocycles. The molecule has 8 rings (SSSR count). The summed E-state index contributed by atoms with van der Waals surface area (Å²) in [5, 5.41) is 12.7. The molecule has 556 valence electrons. The van der Waals surface area contributed by atoms with E-state index in [-0.39, 0.29) is 52.9 Å². The molecule has 101 heavy (non-hydrogen) atoms. The number of thiocarbonyl (C=S) groups is 2. The van der Waals surface area contributed by atoms with Crippen LogP contribution in [0.2, 0.25) is 0 Å². The second-order valence-corrected chi connectivity index (χ2v) is 30.4. The maximum absolute atomic E-state index is 15.3. The third-order valence-corrected chi connectivity index (χ3v) is 20.7. The van der Waals surface area contributed by atoms with Gasteiger partial charge in [-0.2, -0.15) is 0 Å². The van der Waals surface area contributed by atoms with E-state index in [1.165, 1.54) is 82.6 Å². The predicted molar refractivity (Wildman–Crippen MR) is 411 cm³/mol. The van der Waals surface area contributed by atoms with Crippen molar-refractivity contribution in [2.75, 3.05) is 40.1 Å². The molecule has 0 radical (unpaired) electrons. The van der Waals surface area contributed by atoms with Gasteiger partial charge in [0.25, 0.3) is 10.3 Å². The Balaban J connectivity index is 0.000000293. The van der Waals surface area contributed by atoms with Crippen molar-refractivity contribution >= 4 is 52.6 Å². The highest BCUT2D eigenvalue weighted by atomic mass is 32.1. The molecular weight excluding hydrogens is 1310 g/mol. The molecule has 4 aliphatic rings. The number of unbranched alkanes of at least 4 members (excludes halogenated alkanes) is 16. The van der Waals surface area contributed by atoms with E-state index in [4.69, 9.17) is 62.3 Å². The van der Waals surface area contributed by atoms with Gasteiger partial charge in [-0.05, 0) is 108 Å². The molecule has 1 N–H and O–H groups in total. The van der Waals surface area contributed by atoms with Gasteiger partial charge in [0.05, 0.1) is 44.4 Å². The van der Waals surface area contributed by atoms with Crippen LogP contribution in [0.5, 0.6) is 0 Å². The number of carbonyl (C=O) groups is 3. The third-order valence-electron chi connectivity index (χ3n) is 20.2. The largest absolute Gasteiger partial charge is 0.458 e. The zero-order chi connectivity index (χ0) is 72.8. The molecular formula is C85H122N2O12S2. The second-order valence-electron chi connectivity index (χ2n) is 29.7. The number of ether oxygens (including phenoxy) is 8. The Kier molecular flexibility index (Phi) is 33.6. The van der Waals surface area contributed by atoms with Crippen molar-refractivity contribution in [2.24, 2.45) is 17.8 Å². The van der Waals surface area contributed by atoms with Gasteiger partial charge in [0.1, 0.15) is 5.60 Å². The molecule has 14 nitrogen and oxygen atoms in total. The normalized spacial score (nSPS) is 19.4. The number of nitrogens with zero attached hydrogens (tertiary/aromatic N) is 2. The summed E-state index contributed by atoms with van der Waals surface area (Å²) in [7, 11) is 1.49. The molecule has 4 atom stereocenters. The summed E-state index contributed by atoms with van der Waals surface area (Å²) < 4.78 is 48.9. The van der Waals surface area contributed by atoms with Crippen LogP contribution in [0.3, 0.4) is 0 Å². The summed E-state index contributed by atoms with van der Waals surface area (Å²) in [6.45, 7) is 20.8. The lowest BCUT2D eigenvalue weighted by Crippen LogP contribution is -2.58. The first-order valence-corrected chi connectivity index (χ1v) is 39.1. The summed E-state index contributed by atoms with van der Waals surface area (Å²) >= 11 is 11.7. The maximum atomic E-state index is 15.3. The summed E-state index contributed by atoms with van der Waals surface area (Å²) in [5.41, 5.74) is -1.49. The smallest absolute Gasteiger partial charge is 0.339 e. The van der Waals surface area contributed by atoms with Crippen LogP contribution in [0.25, 0.3) is 0 Å². The van der Waals surface area contributed by atoms with Crippen LogP contribution in [0.15, 0.2) is 146 Å². The third kappa shape index (κ3) is 22.4. The van der Waals surface area contributed by atoms with E-state index in [9.17, 15) is 14.7 Å². The lowest BCUT2D eigenvalue weighted by Gasteiger charge is -2.40. The van der Waals surface area contributed by atoms with Gasteiger partial charge < -0.3 is 43.0 Å². The molecule has 0 bridgehead atoms. The first-order chi connectivity index (χ1) is 48.7. The zero-order valence-corrected chi connectivity index (χ0v) is 64.4. The molecule has 4 saturated heterocycles. The van der Waals surface area contributed by atoms with Crippen LogP contribution >= 0.6 is 24.4 Å². The number of allylic oxidation sites excluding steroid dienone is 2. The number of methoxy groups -OCH3 is 1. The van der Waals surface area contributed by atoms with Crippen molar-refractivity contribution < 1.29 is 57.4 Å². The fourth-order valence-corrected chi connectivity index (χ4v) is 15.9. The Morgan fingerprint density at radius 2 is 0.881 bits per heavy atom. The molecule has 4 aliphatic heterocycles. The summed E-state index contributed by atoms with van der Waals surface area (Å²) in [4.78, 5) is 46.2. The highest BCUT2D eigenvalue weighted by Crippen LogP contribution is 2.50. The van der Waals surface area contributed by atoms with Crippen LogP contribution in [0, 0.1) is 17.8 Å². The monoisotopic (exact) mass is 1430 g/mol. The van der Waals surface area contributed by atoms with Crippen molar-refractivity contribution in [3.63, 3.8) is 0 Å². The fraction of sp³-hybridized carbons (Fsp3) is 0.612. The van der Waals surface area contributed by atoms with E-state index < -0.39 is 52.0 Å². The zero-order valence-electron chi connectivity index (χ0n) is 62.8. The lowest BCUT2D eigenvalue weighted by molar-refractivity contribution is -0.186. The van der Waals surface area contributed by atoms with E-state index in [2.05, 4.69) is 58.0 Å². The number of benzene rings is 4. The Morgan fingerprint density at radius 1 is 0.525 bits per heavy atom. The number of aliphatic hydroxyl groups is 1. The van der Waals surface area contributed by atoms with Gasteiger partial charge in [-0.25, -0.2) is 4.79 Å². The van der Waals surface area contributed by atoms with Crippen LogP contribution in [-0.2, 0) is 63.5 Å². The van der Waals surface area contributed by atoms with Crippen LogP contribution in [-0.4, -0.2) is 118 Å². The first kappa shape index (κ1) is 82.6. The SMILES string of the molecule is CCCCCCCC1(CCCCCC/C=C/CC(=O)N2C(=S)OC(c3ccccc3)(c3ccccc3)[C@@H]2C(C)C)OCCO1.CCCCCCCC1(CCCCCC/C=C/[C@H](C(=O)N2C(=S)OC(c3ccccc3)(c3ccccc3)[C@@H]2C(C)C)[C@@](O)(CCOC)C(=O)OC(C)(C)C)OCCO1. The minimum Gasteiger partial charge on any atom is -0.458 e. The van der Waals surface area contributed by atoms with Gasteiger partial charge in [0.2, 0.25) is 11.8 Å². The first-order valence-electron chi connectivity index (χ1n) is 38.3. The van der Waals surface area contributed by atoms with E-state index in [0.717, 1.165) is 113 Å². The molecule has 4 heterocycles. The number of rotatable bonds is 41. The summed E-state index contributed by atoms with van der Waals surface area (Å²) in [6, 6.07) is 39.0.